The van der Waals surface area contributed by atoms with Crippen LogP contribution < -0.4 is 5.32 Å². The van der Waals surface area contributed by atoms with Gasteiger partial charge in [0, 0.05) is 26.8 Å². The van der Waals surface area contributed by atoms with Gasteiger partial charge in [0.25, 0.3) is 0 Å². The van der Waals surface area contributed by atoms with Crippen LogP contribution in [0.5, 0.6) is 0 Å². The zero-order chi connectivity index (χ0) is 13.7. The first-order valence-corrected chi connectivity index (χ1v) is 6.84. The normalized spacial score (nSPS) is 11.3. The molecule has 0 fully saturated rings. The lowest BCUT2D eigenvalue weighted by Gasteiger charge is -2.07. The molecule has 1 heterocycles. The van der Waals surface area contributed by atoms with Crippen molar-refractivity contribution in [3.05, 3.63) is 29.6 Å². The molecule has 0 bridgehead atoms. The first-order chi connectivity index (χ1) is 9.22. The van der Waals surface area contributed by atoms with Crippen LogP contribution in [0.3, 0.4) is 0 Å². The molecular weight excluding hydrogens is 238 g/mol. The van der Waals surface area contributed by atoms with Gasteiger partial charge in [-0.05, 0) is 50.1 Å². The second kappa shape index (κ2) is 6.68. The lowest BCUT2D eigenvalue weighted by Crippen LogP contribution is -2.21. The van der Waals surface area contributed by atoms with Gasteiger partial charge in [0.05, 0.1) is 17.4 Å². The van der Waals surface area contributed by atoms with Crippen LogP contribution in [0, 0.1) is 13.8 Å². The van der Waals surface area contributed by atoms with Crippen molar-refractivity contribution in [3.63, 3.8) is 0 Å². The third-order valence-electron chi connectivity index (χ3n) is 3.47. The number of ether oxygens (including phenoxy) is 1. The summed E-state index contributed by atoms with van der Waals surface area (Å²) in [6, 6.07) is 4.38. The Morgan fingerprint density at radius 3 is 2.79 bits per heavy atom. The average Bonchev–Trinajstić information content (AvgIpc) is 2.77. The van der Waals surface area contributed by atoms with Crippen molar-refractivity contribution in [1.82, 2.24) is 14.9 Å². The maximum Gasteiger partial charge on any atom is 0.0958 e. The number of rotatable bonds is 7. The number of nitrogens with zero attached hydrogens (tertiary/aromatic N) is 2. The second-order valence-electron chi connectivity index (χ2n) is 4.96. The molecule has 0 atom stereocenters. The van der Waals surface area contributed by atoms with E-state index in [9.17, 15) is 0 Å². The Hall–Kier alpha value is -1.39. The monoisotopic (exact) mass is 261 g/mol. The molecule has 0 spiro atoms. The topological polar surface area (TPSA) is 39.1 Å². The van der Waals surface area contributed by atoms with Gasteiger partial charge in [-0.25, -0.2) is 4.98 Å². The maximum atomic E-state index is 5.02. The molecule has 0 aliphatic carbocycles. The third kappa shape index (κ3) is 3.55. The van der Waals surface area contributed by atoms with Gasteiger partial charge in [-0.2, -0.15) is 0 Å². The summed E-state index contributed by atoms with van der Waals surface area (Å²) < 4.78 is 7.23. The molecule has 4 nitrogen and oxygen atoms in total. The Morgan fingerprint density at radius 2 is 2.00 bits per heavy atom. The van der Waals surface area contributed by atoms with Crippen LogP contribution in [0.4, 0.5) is 0 Å². The third-order valence-corrected chi connectivity index (χ3v) is 3.47. The van der Waals surface area contributed by atoms with Gasteiger partial charge in [-0.3, -0.25) is 0 Å². The molecule has 0 unspecified atom stereocenters. The molecule has 0 saturated heterocycles. The largest absolute Gasteiger partial charge is 0.385 e. The highest BCUT2D eigenvalue weighted by Crippen LogP contribution is 2.17. The predicted molar refractivity (Wildman–Crippen MR) is 78.6 cm³/mol. The van der Waals surface area contributed by atoms with E-state index < -0.39 is 0 Å². The number of hydrogen-bond acceptors (Lipinski definition) is 3. The number of aromatic nitrogens is 2. The van der Waals surface area contributed by atoms with Crippen LogP contribution in [-0.4, -0.2) is 36.4 Å². The van der Waals surface area contributed by atoms with Crippen LogP contribution in [0.2, 0.25) is 0 Å². The van der Waals surface area contributed by atoms with Crippen LogP contribution in [0.15, 0.2) is 18.5 Å². The van der Waals surface area contributed by atoms with Crippen LogP contribution in [-0.2, 0) is 11.3 Å². The maximum absolute atomic E-state index is 5.02. The highest BCUT2D eigenvalue weighted by atomic mass is 16.5. The Labute approximate surface area is 114 Å². The summed E-state index contributed by atoms with van der Waals surface area (Å²) in [4.78, 5) is 4.46. The smallest absolute Gasteiger partial charge is 0.0958 e. The molecule has 0 aliphatic heterocycles. The number of methoxy groups -OCH3 is 1. The molecule has 0 saturated carbocycles. The van der Waals surface area contributed by atoms with E-state index in [4.69, 9.17) is 4.74 Å². The van der Waals surface area contributed by atoms with E-state index in [1.807, 2.05) is 6.33 Å². The molecule has 0 amide bonds. The zero-order valence-electron chi connectivity index (χ0n) is 12.1. The molecular formula is C15H23N3O. The van der Waals surface area contributed by atoms with Crippen molar-refractivity contribution in [2.24, 2.45) is 0 Å². The molecule has 104 valence electrons. The highest BCUT2D eigenvalue weighted by Gasteiger charge is 2.04. The van der Waals surface area contributed by atoms with E-state index in [1.54, 1.807) is 7.11 Å². The summed E-state index contributed by atoms with van der Waals surface area (Å²) in [7, 11) is 1.74. The van der Waals surface area contributed by atoms with Crippen molar-refractivity contribution in [1.29, 1.82) is 0 Å². The Morgan fingerprint density at radius 1 is 1.21 bits per heavy atom. The zero-order valence-corrected chi connectivity index (χ0v) is 12.1. The van der Waals surface area contributed by atoms with Gasteiger partial charge in [0.2, 0.25) is 0 Å². The Balaban J connectivity index is 1.92. The molecule has 1 aromatic heterocycles. The summed E-state index contributed by atoms with van der Waals surface area (Å²) in [6.45, 7) is 8.01. The van der Waals surface area contributed by atoms with Gasteiger partial charge < -0.3 is 14.6 Å². The van der Waals surface area contributed by atoms with E-state index in [0.29, 0.717) is 0 Å². The Kier molecular flexibility index (Phi) is 4.93. The summed E-state index contributed by atoms with van der Waals surface area (Å²) >= 11 is 0. The molecule has 4 heteroatoms. The minimum absolute atomic E-state index is 0.819. The number of imidazole rings is 1. The minimum Gasteiger partial charge on any atom is -0.385 e. The van der Waals surface area contributed by atoms with E-state index in [0.717, 1.165) is 38.2 Å². The number of fused-ring (bicyclic) bond motifs is 1. The van der Waals surface area contributed by atoms with Crippen molar-refractivity contribution in [3.8, 4) is 0 Å². The van der Waals surface area contributed by atoms with Gasteiger partial charge in [-0.1, -0.05) is 0 Å². The lowest BCUT2D eigenvalue weighted by atomic mass is 10.1. The predicted octanol–water partition coefficient (Wildman–Crippen LogP) is 2.28. The molecule has 0 radical (unpaired) electrons. The fraction of sp³-hybridized carbons (Fsp3) is 0.533. The van der Waals surface area contributed by atoms with Gasteiger partial charge in [-0.15, -0.1) is 0 Å². The summed E-state index contributed by atoms with van der Waals surface area (Å²) in [5.41, 5.74) is 4.93. The number of hydrogen-bond donors (Lipinski definition) is 1. The van der Waals surface area contributed by atoms with Crippen LogP contribution in [0.25, 0.3) is 11.0 Å². The van der Waals surface area contributed by atoms with Crippen molar-refractivity contribution in [2.45, 2.75) is 26.8 Å². The molecule has 19 heavy (non-hydrogen) atoms. The standard InChI is InChI=1S/C15H23N3O/c1-12-9-14-15(10-13(12)2)18(11-17-14)7-6-16-5-4-8-19-3/h9-11,16H,4-8H2,1-3H3. The van der Waals surface area contributed by atoms with E-state index in [-0.39, 0.29) is 0 Å². The van der Waals surface area contributed by atoms with E-state index in [1.165, 1.54) is 16.6 Å². The van der Waals surface area contributed by atoms with Crippen molar-refractivity contribution >= 4 is 11.0 Å². The van der Waals surface area contributed by atoms with Crippen LogP contribution in [0.1, 0.15) is 17.5 Å². The lowest BCUT2D eigenvalue weighted by molar-refractivity contribution is 0.194. The number of nitrogens with one attached hydrogen (secondary N) is 1. The SMILES string of the molecule is COCCCNCCn1cnc2cc(C)c(C)cc21. The fourth-order valence-electron chi connectivity index (χ4n) is 2.16. The first kappa shape index (κ1) is 14.0. The van der Waals surface area contributed by atoms with E-state index in [2.05, 4.69) is 40.8 Å². The highest BCUT2D eigenvalue weighted by molar-refractivity contribution is 5.77. The van der Waals surface area contributed by atoms with Crippen LogP contribution >= 0.6 is 0 Å². The van der Waals surface area contributed by atoms with Crippen molar-refractivity contribution in [2.75, 3.05) is 26.8 Å². The summed E-state index contributed by atoms with van der Waals surface area (Å²) in [5, 5.41) is 3.42. The fourth-order valence-corrected chi connectivity index (χ4v) is 2.16. The summed E-state index contributed by atoms with van der Waals surface area (Å²) in [5.74, 6) is 0. The van der Waals surface area contributed by atoms with Crippen molar-refractivity contribution < 1.29 is 4.74 Å². The van der Waals surface area contributed by atoms with Gasteiger partial charge in [0.15, 0.2) is 0 Å². The van der Waals surface area contributed by atoms with Gasteiger partial charge >= 0.3 is 0 Å². The van der Waals surface area contributed by atoms with E-state index >= 15 is 0 Å². The Bertz CT molecular complexity index is 533. The second-order valence-corrected chi connectivity index (χ2v) is 4.96. The number of benzene rings is 1. The quantitative estimate of drug-likeness (QED) is 0.777. The molecule has 2 rings (SSSR count). The number of aryl methyl sites for hydroxylation is 2. The molecule has 2 aromatic rings. The average molecular weight is 261 g/mol. The first-order valence-electron chi connectivity index (χ1n) is 6.84. The molecule has 0 aliphatic rings. The molecule has 1 aromatic carbocycles. The van der Waals surface area contributed by atoms with Gasteiger partial charge in [0.1, 0.15) is 0 Å². The summed E-state index contributed by atoms with van der Waals surface area (Å²) in [6.07, 6.45) is 2.99. The minimum atomic E-state index is 0.819. The molecule has 1 N–H and O–H groups in total.